The van der Waals surface area contributed by atoms with Crippen molar-refractivity contribution in [2.45, 2.75) is 33.1 Å². The number of carbonyl (C=O) groups is 1. The molecule has 1 unspecified atom stereocenters. The molecule has 1 aliphatic heterocycles. The molecule has 0 bridgehead atoms. The van der Waals surface area contributed by atoms with Gasteiger partial charge in [0.2, 0.25) is 0 Å². The lowest BCUT2D eigenvalue weighted by Gasteiger charge is -2.28. The predicted molar refractivity (Wildman–Crippen MR) is 95.1 cm³/mol. The Balaban J connectivity index is 1.82. The zero-order valence-corrected chi connectivity index (χ0v) is 15.3. The van der Waals surface area contributed by atoms with E-state index in [-0.39, 0.29) is 28.2 Å². The Kier molecular flexibility index (Phi) is 4.83. The molecule has 2 aromatic rings. The summed E-state index contributed by atoms with van der Waals surface area (Å²) in [5.41, 5.74) is 2.04. The number of nitrogens with zero attached hydrogens (tertiary/aromatic N) is 1. The van der Waals surface area contributed by atoms with Crippen LogP contribution in [0.2, 0.25) is 5.02 Å². The van der Waals surface area contributed by atoms with E-state index in [4.69, 9.17) is 16.3 Å². The molecule has 1 aromatic carbocycles. The summed E-state index contributed by atoms with van der Waals surface area (Å²) in [6.07, 6.45) is 2.10. The van der Waals surface area contributed by atoms with Gasteiger partial charge < -0.3 is 4.74 Å². The smallest absolute Gasteiger partial charge is 0.315 e. The van der Waals surface area contributed by atoms with Crippen LogP contribution >= 0.6 is 11.6 Å². The van der Waals surface area contributed by atoms with E-state index < -0.39 is 5.82 Å². The molecule has 0 aliphatic carbocycles. The third-order valence-electron chi connectivity index (χ3n) is 4.77. The minimum atomic E-state index is -0.402. The van der Waals surface area contributed by atoms with Crippen molar-refractivity contribution in [3.8, 4) is 0 Å². The molecule has 0 radical (unpaired) electrons. The van der Waals surface area contributed by atoms with Gasteiger partial charge in [-0.1, -0.05) is 50.6 Å². The number of rotatable bonds is 3. The summed E-state index contributed by atoms with van der Waals surface area (Å²) in [4.78, 5) is 16.6. The summed E-state index contributed by atoms with van der Waals surface area (Å²) in [5.74, 6) is -0.887. The molecule has 25 heavy (non-hydrogen) atoms. The number of hydrogen-bond acceptors (Lipinski definition) is 3. The normalized spacial score (nSPS) is 20.6. The van der Waals surface area contributed by atoms with Crippen LogP contribution < -0.4 is 0 Å². The first kappa shape index (κ1) is 17.9. The lowest BCUT2D eigenvalue weighted by molar-refractivity contribution is -0.139. The Morgan fingerprint density at radius 3 is 2.68 bits per heavy atom. The number of ether oxygens (including phenoxy) is 1. The summed E-state index contributed by atoms with van der Waals surface area (Å²) in [6.45, 7) is 6.72. The second-order valence-electron chi connectivity index (χ2n) is 7.56. The molecule has 1 saturated heterocycles. The van der Waals surface area contributed by atoms with Crippen LogP contribution in [0.25, 0.3) is 0 Å². The fourth-order valence-electron chi connectivity index (χ4n) is 3.23. The Morgan fingerprint density at radius 2 is 2.04 bits per heavy atom. The summed E-state index contributed by atoms with van der Waals surface area (Å²) in [6, 6.07) is 8.69. The number of aromatic nitrogens is 1. The molecule has 3 nitrogen and oxygen atoms in total. The molecular formula is C20H21ClFNO2. The Hall–Kier alpha value is -1.94. The van der Waals surface area contributed by atoms with Gasteiger partial charge in [0.25, 0.3) is 0 Å². The first-order chi connectivity index (χ1) is 11.8. The molecule has 0 saturated carbocycles. The van der Waals surface area contributed by atoms with Gasteiger partial charge in [0.15, 0.2) is 0 Å². The third kappa shape index (κ3) is 3.69. The first-order valence-electron chi connectivity index (χ1n) is 8.31. The van der Waals surface area contributed by atoms with E-state index in [2.05, 4.69) is 25.8 Å². The van der Waals surface area contributed by atoms with Crippen molar-refractivity contribution >= 4 is 17.6 Å². The molecule has 5 heteroatoms. The average Bonchev–Trinajstić information content (AvgIpc) is 2.94. The second-order valence-corrected chi connectivity index (χ2v) is 7.97. The lowest BCUT2D eigenvalue weighted by atomic mass is 9.73. The van der Waals surface area contributed by atoms with E-state index in [0.29, 0.717) is 24.3 Å². The zero-order valence-electron chi connectivity index (χ0n) is 14.6. The number of halogens is 2. The maximum atomic E-state index is 14.0. The van der Waals surface area contributed by atoms with Crippen LogP contribution in [0.1, 0.15) is 43.5 Å². The molecule has 2 atom stereocenters. The van der Waals surface area contributed by atoms with Crippen LogP contribution in [0, 0.1) is 17.2 Å². The standard InChI is InChI=1S/C20H21ClFNO2/c1-20(2,3)14-11-25-19(24)17(14)16-8-7-12(10-23-16)9-13-5-4-6-15(21)18(13)22/h4-8,10,14,17H,9,11H2,1-3H3/t14-,17?/m0/s1. The van der Waals surface area contributed by atoms with Crippen LogP contribution in [-0.2, 0) is 16.0 Å². The van der Waals surface area contributed by atoms with E-state index in [1.54, 1.807) is 18.3 Å². The molecule has 1 fully saturated rings. The van der Waals surface area contributed by atoms with E-state index in [1.807, 2.05) is 12.1 Å². The fraction of sp³-hybridized carbons (Fsp3) is 0.400. The average molecular weight is 362 g/mol. The highest BCUT2D eigenvalue weighted by Crippen LogP contribution is 2.42. The second kappa shape index (κ2) is 6.75. The van der Waals surface area contributed by atoms with Gasteiger partial charge in [-0.05, 0) is 28.7 Å². The number of hydrogen-bond donors (Lipinski definition) is 0. The van der Waals surface area contributed by atoms with Gasteiger partial charge in [-0.2, -0.15) is 0 Å². The minimum absolute atomic E-state index is 0.0545. The van der Waals surface area contributed by atoms with Crippen LogP contribution in [0.15, 0.2) is 36.5 Å². The number of cyclic esters (lactones) is 1. The lowest BCUT2D eigenvalue weighted by Crippen LogP contribution is -2.27. The van der Waals surface area contributed by atoms with E-state index in [1.165, 1.54) is 6.07 Å². The van der Waals surface area contributed by atoms with E-state index in [0.717, 1.165) is 5.56 Å². The van der Waals surface area contributed by atoms with Crippen molar-refractivity contribution in [2.75, 3.05) is 6.61 Å². The van der Waals surface area contributed by atoms with Crippen molar-refractivity contribution in [1.82, 2.24) is 4.98 Å². The van der Waals surface area contributed by atoms with Gasteiger partial charge in [0.05, 0.1) is 17.3 Å². The summed E-state index contributed by atoms with van der Waals surface area (Å²) < 4.78 is 19.3. The van der Waals surface area contributed by atoms with Crippen molar-refractivity contribution in [2.24, 2.45) is 11.3 Å². The minimum Gasteiger partial charge on any atom is -0.465 e. The van der Waals surface area contributed by atoms with Gasteiger partial charge in [-0.25, -0.2) is 4.39 Å². The zero-order chi connectivity index (χ0) is 18.2. The molecule has 2 heterocycles. The predicted octanol–water partition coefficient (Wildman–Crippen LogP) is 4.77. The Morgan fingerprint density at radius 1 is 1.28 bits per heavy atom. The van der Waals surface area contributed by atoms with Gasteiger partial charge in [0.1, 0.15) is 11.7 Å². The monoisotopic (exact) mass is 361 g/mol. The van der Waals surface area contributed by atoms with Crippen molar-refractivity contribution in [3.05, 3.63) is 64.2 Å². The molecule has 0 amide bonds. The topological polar surface area (TPSA) is 39.2 Å². The van der Waals surface area contributed by atoms with Gasteiger partial charge >= 0.3 is 5.97 Å². The van der Waals surface area contributed by atoms with Crippen LogP contribution in [-0.4, -0.2) is 17.6 Å². The number of benzene rings is 1. The molecule has 1 aromatic heterocycles. The highest BCUT2D eigenvalue weighted by molar-refractivity contribution is 6.30. The fourth-order valence-corrected chi connectivity index (χ4v) is 3.42. The van der Waals surface area contributed by atoms with Gasteiger partial charge in [0, 0.05) is 18.5 Å². The summed E-state index contributed by atoms with van der Waals surface area (Å²) in [5, 5.41) is 0.115. The van der Waals surface area contributed by atoms with Crippen molar-refractivity contribution < 1.29 is 13.9 Å². The summed E-state index contributed by atoms with van der Waals surface area (Å²) in [7, 11) is 0. The van der Waals surface area contributed by atoms with Crippen molar-refractivity contribution in [3.63, 3.8) is 0 Å². The third-order valence-corrected chi connectivity index (χ3v) is 5.06. The number of esters is 1. The molecule has 0 N–H and O–H groups in total. The van der Waals surface area contributed by atoms with E-state index >= 15 is 0 Å². The van der Waals surface area contributed by atoms with Gasteiger partial charge in [-0.3, -0.25) is 9.78 Å². The maximum Gasteiger partial charge on any atom is 0.315 e. The quantitative estimate of drug-likeness (QED) is 0.739. The largest absolute Gasteiger partial charge is 0.465 e. The van der Waals surface area contributed by atoms with E-state index in [9.17, 15) is 9.18 Å². The van der Waals surface area contributed by atoms with Crippen molar-refractivity contribution in [1.29, 1.82) is 0 Å². The Bertz CT molecular complexity index is 783. The SMILES string of the molecule is CC(C)(C)[C@H]1COC(=O)C1c1ccc(Cc2cccc(Cl)c2F)cn1. The molecule has 132 valence electrons. The Labute approximate surface area is 152 Å². The highest BCUT2D eigenvalue weighted by atomic mass is 35.5. The van der Waals surface area contributed by atoms with Crippen LogP contribution in [0.4, 0.5) is 4.39 Å². The molecule has 0 spiro atoms. The van der Waals surface area contributed by atoms with Crippen LogP contribution in [0.3, 0.4) is 0 Å². The molecule has 3 rings (SSSR count). The molecular weight excluding hydrogens is 341 g/mol. The molecule has 1 aliphatic rings. The summed E-state index contributed by atoms with van der Waals surface area (Å²) >= 11 is 5.82. The van der Waals surface area contributed by atoms with Crippen LogP contribution in [0.5, 0.6) is 0 Å². The highest BCUT2D eigenvalue weighted by Gasteiger charge is 2.44. The van der Waals surface area contributed by atoms with Gasteiger partial charge in [-0.15, -0.1) is 0 Å². The number of pyridine rings is 1. The number of carbonyl (C=O) groups excluding carboxylic acids is 1. The first-order valence-corrected chi connectivity index (χ1v) is 8.69. The maximum absolute atomic E-state index is 14.0.